The van der Waals surface area contributed by atoms with Gasteiger partial charge in [-0.15, -0.1) is 5.10 Å². The predicted octanol–water partition coefficient (Wildman–Crippen LogP) is 1.24. The van der Waals surface area contributed by atoms with Crippen LogP contribution in [0.15, 0.2) is 40.9 Å². The lowest BCUT2D eigenvalue weighted by Gasteiger charge is -2.12. The summed E-state index contributed by atoms with van der Waals surface area (Å²) in [5.74, 6) is 1.73. The van der Waals surface area contributed by atoms with E-state index in [9.17, 15) is 0 Å². The zero-order valence-electron chi connectivity index (χ0n) is 13.1. The molecule has 2 N–H and O–H groups in total. The van der Waals surface area contributed by atoms with Crippen LogP contribution < -0.4 is 19.9 Å². The number of benzene rings is 1. The molecule has 0 aliphatic carbocycles. The van der Waals surface area contributed by atoms with Gasteiger partial charge in [0.2, 0.25) is 5.75 Å². The second-order valence-corrected chi connectivity index (χ2v) is 4.28. The Kier molecular flexibility index (Phi) is 5.45. The topological polar surface area (TPSA) is 104 Å². The van der Waals surface area contributed by atoms with Crippen LogP contribution in [0.25, 0.3) is 0 Å². The first kappa shape index (κ1) is 16.2. The number of hydrogen-bond acceptors (Lipinski definition) is 7. The van der Waals surface area contributed by atoms with Crippen molar-refractivity contribution in [2.24, 2.45) is 15.9 Å². The third-order valence-electron chi connectivity index (χ3n) is 2.88. The van der Waals surface area contributed by atoms with Gasteiger partial charge >= 0.3 is 0 Å². The highest BCUT2D eigenvalue weighted by Gasteiger charge is 2.12. The number of amidine groups is 1. The first-order chi connectivity index (χ1) is 11.2. The fourth-order valence-electron chi connectivity index (χ4n) is 1.82. The van der Waals surface area contributed by atoms with Crippen molar-refractivity contribution in [3.05, 3.63) is 42.0 Å². The van der Waals surface area contributed by atoms with Crippen LogP contribution in [0, 0.1) is 0 Å². The summed E-state index contributed by atoms with van der Waals surface area (Å²) in [6.45, 7) is 0. The molecule has 0 aliphatic heterocycles. The minimum absolute atomic E-state index is 0.168. The molecule has 2 aromatic rings. The normalized spacial score (nSPS) is 11.5. The molecule has 1 aromatic heterocycles. The summed E-state index contributed by atoms with van der Waals surface area (Å²) in [5, 5.41) is 7.83. The molecule has 0 bridgehead atoms. The first-order valence-corrected chi connectivity index (χ1v) is 6.62. The van der Waals surface area contributed by atoms with Crippen molar-refractivity contribution in [1.29, 1.82) is 0 Å². The van der Waals surface area contributed by atoms with Gasteiger partial charge in [0.05, 0.1) is 33.7 Å². The Balaban J connectivity index is 2.26. The molecule has 8 nitrogen and oxygen atoms in total. The third-order valence-corrected chi connectivity index (χ3v) is 2.88. The van der Waals surface area contributed by atoms with E-state index in [1.807, 2.05) is 0 Å². The SMILES string of the molecule is COc1cc(/C=N/N=C(\N)c2cnccn2)cc(OC)c1OC. The van der Waals surface area contributed by atoms with Gasteiger partial charge in [0, 0.05) is 18.0 Å². The lowest BCUT2D eigenvalue weighted by molar-refractivity contribution is 0.324. The fraction of sp³-hybridized carbons (Fsp3) is 0.200. The van der Waals surface area contributed by atoms with Gasteiger partial charge in [-0.2, -0.15) is 5.10 Å². The quantitative estimate of drug-likeness (QED) is 0.488. The largest absolute Gasteiger partial charge is 0.493 e. The molecular weight excluding hydrogens is 298 g/mol. The average Bonchev–Trinajstić information content (AvgIpc) is 2.61. The van der Waals surface area contributed by atoms with E-state index in [0.717, 1.165) is 5.56 Å². The van der Waals surface area contributed by atoms with Crippen molar-refractivity contribution >= 4 is 12.1 Å². The van der Waals surface area contributed by atoms with Gasteiger partial charge < -0.3 is 19.9 Å². The van der Waals surface area contributed by atoms with Gasteiger partial charge in [-0.25, -0.2) is 4.98 Å². The minimum Gasteiger partial charge on any atom is -0.493 e. The molecule has 23 heavy (non-hydrogen) atoms. The molecule has 0 unspecified atom stereocenters. The molecule has 0 saturated heterocycles. The van der Waals surface area contributed by atoms with Crippen LogP contribution in [0.5, 0.6) is 17.2 Å². The molecule has 0 fully saturated rings. The lowest BCUT2D eigenvalue weighted by Crippen LogP contribution is -2.14. The lowest BCUT2D eigenvalue weighted by atomic mass is 10.2. The Hall–Kier alpha value is -3.16. The second-order valence-electron chi connectivity index (χ2n) is 4.28. The Morgan fingerprint density at radius 1 is 1.09 bits per heavy atom. The van der Waals surface area contributed by atoms with E-state index in [4.69, 9.17) is 19.9 Å². The molecule has 120 valence electrons. The van der Waals surface area contributed by atoms with Gasteiger partial charge in [-0.05, 0) is 12.1 Å². The van der Waals surface area contributed by atoms with Crippen LogP contribution in [0.1, 0.15) is 11.3 Å². The van der Waals surface area contributed by atoms with Gasteiger partial charge in [-0.1, -0.05) is 0 Å². The van der Waals surface area contributed by atoms with Crippen LogP contribution in [0.4, 0.5) is 0 Å². The van der Waals surface area contributed by atoms with Crippen LogP contribution in [-0.4, -0.2) is 43.3 Å². The summed E-state index contributed by atoms with van der Waals surface area (Å²) < 4.78 is 15.8. The zero-order valence-corrected chi connectivity index (χ0v) is 13.1. The van der Waals surface area contributed by atoms with E-state index in [1.54, 1.807) is 39.7 Å². The van der Waals surface area contributed by atoms with Crippen molar-refractivity contribution < 1.29 is 14.2 Å². The Morgan fingerprint density at radius 2 is 1.78 bits per heavy atom. The molecule has 0 radical (unpaired) electrons. The molecule has 1 aromatic carbocycles. The third kappa shape index (κ3) is 3.94. The molecule has 1 heterocycles. The molecule has 0 amide bonds. The van der Waals surface area contributed by atoms with Gasteiger partial charge in [-0.3, -0.25) is 4.98 Å². The first-order valence-electron chi connectivity index (χ1n) is 6.62. The number of ether oxygens (including phenoxy) is 3. The number of nitrogens with two attached hydrogens (primary N) is 1. The predicted molar refractivity (Wildman–Crippen MR) is 86.4 cm³/mol. The molecule has 2 rings (SSSR count). The minimum atomic E-state index is 0.168. The average molecular weight is 315 g/mol. The zero-order chi connectivity index (χ0) is 16.7. The Morgan fingerprint density at radius 3 is 2.30 bits per heavy atom. The second kappa shape index (κ2) is 7.74. The highest BCUT2D eigenvalue weighted by atomic mass is 16.5. The Labute approximate surface area is 133 Å². The highest BCUT2D eigenvalue weighted by molar-refractivity contribution is 5.95. The van der Waals surface area contributed by atoms with Crippen LogP contribution in [0.2, 0.25) is 0 Å². The molecule has 0 aliphatic rings. The number of aromatic nitrogens is 2. The summed E-state index contributed by atoms with van der Waals surface area (Å²) in [4.78, 5) is 7.95. The smallest absolute Gasteiger partial charge is 0.203 e. The van der Waals surface area contributed by atoms with Crippen LogP contribution >= 0.6 is 0 Å². The van der Waals surface area contributed by atoms with Crippen molar-refractivity contribution in [3.8, 4) is 17.2 Å². The van der Waals surface area contributed by atoms with Crippen molar-refractivity contribution in [1.82, 2.24) is 9.97 Å². The van der Waals surface area contributed by atoms with Crippen LogP contribution in [-0.2, 0) is 0 Å². The highest BCUT2D eigenvalue weighted by Crippen LogP contribution is 2.37. The monoisotopic (exact) mass is 315 g/mol. The molecular formula is C15H17N5O3. The van der Waals surface area contributed by atoms with E-state index >= 15 is 0 Å². The molecule has 0 saturated carbocycles. The number of hydrogen-bond donors (Lipinski definition) is 1. The fourth-order valence-corrected chi connectivity index (χ4v) is 1.82. The maximum Gasteiger partial charge on any atom is 0.203 e. The maximum atomic E-state index is 5.78. The van der Waals surface area contributed by atoms with Crippen molar-refractivity contribution in [2.75, 3.05) is 21.3 Å². The van der Waals surface area contributed by atoms with Gasteiger partial charge in [0.1, 0.15) is 5.69 Å². The molecule has 0 atom stereocenters. The van der Waals surface area contributed by atoms with Crippen molar-refractivity contribution in [3.63, 3.8) is 0 Å². The van der Waals surface area contributed by atoms with E-state index in [2.05, 4.69) is 20.2 Å². The summed E-state index contributed by atoms with van der Waals surface area (Å²) in [5.41, 5.74) is 6.95. The number of nitrogens with zero attached hydrogens (tertiary/aromatic N) is 4. The summed E-state index contributed by atoms with van der Waals surface area (Å²) in [7, 11) is 4.63. The van der Waals surface area contributed by atoms with E-state index in [1.165, 1.54) is 18.6 Å². The summed E-state index contributed by atoms with van der Waals surface area (Å²) in [6.07, 6.45) is 6.11. The van der Waals surface area contributed by atoms with Gasteiger partial charge in [0.25, 0.3) is 0 Å². The van der Waals surface area contributed by atoms with E-state index < -0.39 is 0 Å². The number of rotatable bonds is 6. The summed E-state index contributed by atoms with van der Waals surface area (Å²) in [6, 6.07) is 3.50. The van der Waals surface area contributed by atoms with E-state index in [-0.39, 0.29) is 5.84 Å². The Bertz CT molecular complexity index is 691. The van der Waals surface area contributed by atoms with Gasteiger partial charge in [0.15, 0.2) is 17.3 Å². The van der Waals surface area contributed by atoms with Crippen LogP contribution in [0.3, 0.4) is 0 Å². The molecule has 0 spiro atoms. The van der Waals surface area contributed by atoms with Crippen molar-refractivity contribution in [2.45, 2.75) is 0 Å². The molecule has 8 heteroatoms. The number of methoxy groups -OCH3 is 3. The maximum absolute atomic E-state index is 5.78. The summed E-state index contributed by atoms with van der Waals surface area (Å²) >= 11 is 0. The van der Waals surface area contributed by atoms with E-state index in [0.29, 0.717) is 22.9 Å². The standard InChI is InChI=1S/C15H17N5O3/c1-21-12-6-10(7-13(22-2)14(12)23-3)8-19-20-15(16)11-9-17-4-5-18-11/h4-9H,1-3H3,(H2,16,20)/b19-8+.